The van der Waals surface area contributed by atoms with Gasteiger partial charge in [0.15, 0.2) is 0 Å². The molecule has 3 nitrogen and oxygen atoms in total. The largest absolute Gasteiger partial charge is 0.402 e. The van der Waals surface area contributed by atoms with Crippen molar-refractivity contribution in [2.24, 2.45) is 0 Å². The summed E-state index contributed by atoms with van der Waals surface area (Å²) in [7, 11) is 4.43. The van der Waals surface area contributed by atoms with Crippen LogP contribution in [0.2, 0.25) is 0 Å². The first-order chi connectivity index (χ1) is 9.86. The van der Waals surface area contributed by atoms with Gasteiger partial charge in [-0.2, -0.15) is 13.7 Å². The van der Waals surface area contributed by atoms with Crippen molar-refractivity contribution in [3.05, 3.63) is 28.1 Å². The lowest BCUT2D eigenvalue weighted by atomic mass is 9.94. The molecule has 0 atom stereocenters. The van der Waals surface area contributed by atoms with Gasteiger partial charge in [-0.3, -0.25) is 0 Å². The summed E-state index contributed by atoms with van der Waals surface area (Å²) in [6, 6.07) is 0. The molecule has 0 unspecified atom stereocenters. The van der Waals surface area contributed by atoms with Crippen LogP contribution in [-0.2, 0) is 6.54 Å². The van der Waals surface area contributed by atoms with E-state index in [1.54, 1.807) is 0 Å². The molecule has 0 fully saturated rings. The number of fused-ring (bicyclic) bond motifs is 1. The Morgan fingerprint density at radius 1 is 0.762 bits per heavy atom. The molecule has 0 radical (unpaired) electrons. The third-order valence-corrected chi connectivity index (χ3v) is 5.36. The standard InChI is InChI=1S/C16H24N3.I2/c1-9-10(2)15-12(4)17(6)14-8-19(15)16(11(9)3)13(5)18(14)7;1-2/h14H,8H2,1-7H3;/q+3;. The van der Waals surface area contributed by atoms with E-state index < -0.39 is 0 Å². The summed E-state index contributed by atoms with van der Waals surface area (Å²) < 4.78 is 7.38. The van der Waals surface area contributed by atoms with Crippen LogP contribution in [0, 0.1) is 20.8 Å². The van der Waals surface area contributed by atoms with Crippen molar-refractivity contribution in [3.8, 4) is 0 Å². The molecule has 0 aromatic carbocycles. The Kier molecular flexibility index (Phi) is 5.12. The van der Waals surface area contributed by atoms with Gasteiger partial charge in [-0.1, -0.05) is 0 Å². The summed E-state index contributed by atoms with van der Waals surface area (Å²) >= 11 is 4.24. The van der Waals surface area contributed by atoms with Crippen LogP contribution in [0.25, 0.3) is 0 Å². The lowest BCUT2D eigenvalue weighted by Crippen LogP contribution is -2.64. The molecule has 0 saturated carbocycles. The summed E-state index contributed by atoms with van der Waals surface area (Å²) in [5, 5.41) is 0. The maximum Gasteiger partial charge on any atom is 0.402 e. The third kappa shape index (κ3) is 2.38. The normalized spacial score (nSPS) is 17.0. The zero-order valence-corrected chi connectivity index (χ0v) is 18.2. The van der Waals surface area contributed by atoms with Gasteiger partial charge in [-0.15, -0.1) is 0 Å². The summed E-state index contributed by atoms with van der Waals surface area (Å²) in [5.41, 5.74) is 9.91. The lowest BCUT2D eigenvalue weighted by Gasteiger charge is -2.24. The molecular weight excluding hydrogens is 488 g/mol. The van der Waals surface area contributed by atoms with Crippen molar-refractivity contribution in [1.29, 1.82) is 0 Å². The van der Waals surface area contributed by atoms with Gasteiger partial charge in [0.05, 0.1) is 0 Å². The molecule has 3 rings (SSSR count). The number of rotatable bonds is 0. The predicted octanol–water partition coefficient (Wildman–Crippen LogP) is 2.93. The van der Waals surface area contributed by atoms with Gasteiger partial charge >= 0.3 is 6.17 Å². The first-order valence-corrected chi connectivity index (χ1v) is 13.5. The van der Waals surface area contributed by atoms with E-state index in [2.05, 4.69) is 99.7 Å². The second-order valence-electron chi connectivity index (χ2n) is 6.06. The highest BCUT2D eigenvalue weighted by Gasteiger charge is 2.50. The molecule has 1 aromatic rings. The molecule has 3 heterocycles. The van der Waals surface area contributed by atoms with E-state index in [-0.39, 0.29) is 0 Å². The van der Waals surface area contributed by atoms with Crippen LogP contribution in [-0.4, -0.2) is 40.8 Å². The minimum atomic E-state index is 0.450. The molecule has 0 N–H and O–H groups in total. The molecular formula is C16H24I2N3+3. The Labute approximate surface area is 151 Å². The molecule has 0 spiro atoms. The Morgan fingerprint density at radius 2 is 1.14 bits per heavy atom. The van der Waals surface area contributed by atoms with Crippen LogP contribution >= 0.6 is 37.2 Å². The van der Waals surface area contributed by atoms with Crippen molar-refractivity contribution in [2.45, 2.75) is 47.3 Å². The summed E-state index contributed by atoms with van der Waals surface area (Å²) in [4.78, 5) is 0. The monoisotopic (exact) mass is 512 g/mol. The summed E-state index contributed by atoms with van der Waals surface area (Å²) in [5.74, 6) is 0. The highest BCUT2D eigenvalue weighted by Crippen LogP contribution is 2.23. The Morgan fingerprint density at radius 3 is 1.52 bits per heavy atom. The van der Waals surface area contributed by atoms with Crippen molar-refractivity contribution in [1.82, 2.24) is 0 Å². The van der Waals surface area contributed by atoms with Gasteiger partial charge in [0, 0.05) is 62.2 Å². The van der Waals surface area contributed by atoms with Crippen molar-refractivity contribution < 1.29 is 13.7 Å². The van der Waals surface area contributed by atoms with Crippen LogP contribution in [0.1, 0.15) is 41.9 Å². The molecule has 114 valence electrons. The molecule has 0 aliphatic carbocycles. The fourth-order valence-corrected chi connectivity index (χ4v) is 3.72. The molecule has 2 bridgehead atoms. The van der Waals surface area contributed by atoms with Gasteiger partial charge in [0.2, 0.25) is 0 Å². The number of hydrogen-bond donors (Lipinski definition) is 0. The molecule has 5 heteroatoms. The maximum atomic E-state index is 2.53. The summed E-state index contributed by atoms with van der Waals surface area (Å²) in [6.07, 6.45) is 0.450. The molecule has 2 aliphatic heterocycles. The number of halogens is 2. The van der Waals surface area contributed by atoms with E-state index in [0.717, 1.165) is 6.54 Å². The maximum absolute atomic E-state index is 2.53. The second kappa shape index (κ2) is 6.22. The van der Waals surface area contributed by atoms with E-state index in [1.165, 1.54) is 39.5 Å². The van der Waals surface area contributed by atoms with Gasteiger partial charge in [0.25, 0.3) is 29.4 Å². The number of aromatic nitrogens is 1. The molecule has 1 aromatic heterocycles. The first kappa shape index (κ1) is 17.3. The van der Waals surface area contributed by atoms with Gasteiger partial charge in [0.1, 0.15) is 14.1 Å². The first-order valence-electron chi connectivity index (χ1n) is 7.17. The van der Waals surface area contributed by atoms with Crippen LogP contribution in [0.5, 0.6) is 0 Å². The van der Waals surface area contributed by atoms with Crippen molar-refractivity contribution in [2.75, 3.05) is 14.1 Å². The van der Waals surface area contributed by atoms with Crippen molar-refractivity contribution >= 4 is 48.7 Å². The minimum Gasteiger partial charge on any atom is -0.167 e. The Balaban J connectivity index is 0.000000774. The number of nitrogens with zero attached hydrogens (tertiary/aromatic N) is 3. The van der Waals surface area contributed by atoms with Crippen LogP contribution in [0.15, 0.2) is 0 Å². The fraction of sp³-hybridized carbons (Fsp3) is 0.562. The van der Waals surface area contributed by atoms with E-state index >= 15 is 0 Å². The average molecular weight is 512 g/mol. The zero-order chi connectivity index (χ0) is 16.1. The third-order valence-electron chi connectivity index (χ3n) is 5.36. The number of pyridine rings is 1. The van der Waals surface area contributed by atoms with Crippen LogP contribution in [0.3, 0.4) is 0 Å². The fourth-order valence-electron chi connectivity index (χ4n) is 3.72. The zero-order valence-electron chi connectivity index (χ0n) is 13.9. The predicted molar refractivity (Wildman–Crippen MR) is 105 cm³/mol. The van der Waals surface area contributed by atoms with Crippen LogP contribution in [0.4, 0.5) is 0 Å². The minimum absolute atomic E-state index is 0.450. The number of hydrogen-bond acceptors (Lipinski definition) is 0. The Bertz CT molecular complexity index is 634. The van der Waals surface area contributed by atoms with Gasteiger partial charge in [-0.25, -0.2) is 0 Å². The van der Waals surface area contributed by atoms with Crippen LogP contribution < -0.4 is 4.57 Å². The van der Waals surface area contributed by atoms with Crippen molar-refractivity contribution in [3.63, 3.8) is 0 Å². The van der Waals surface area contributed by atoms with E-state index in [1.807, 2.05) is 0 Å². The smallest absolute Gasteiger partial charge is 0.167 e. The molecule has 0 saturated heterocycles. The highest BCUT2D eigenvalue weighted by atomic mass is 128. The van der Waals surface area contributed by atoms with E-state index in [9.17, 15) is 0 Å². The Hall–Kier alpha value is -0.0500. The topological polar surface area (TPSA) is 9.90 Å². The quantitative estimate of drug-likeness (QED) is 0.374. The van der Waals surface area contributed by atoms with E-state index in [4.69, 9.17) is 0 Å². The SMILES string of the molecule is CC1=[N+](C)C2C[n+]3c1c(C)c(C)c(C)c3C(C)=[N+]2C.II. The highest BCUT2D eigenvalue weighted by molar-refractivity contribution is 15.0. The second-order valence-corrected chi connectivity index (χ2v) is 6.06. The molecule has 0 amide bonds. The summed E-state index contributed by atoms with van der Waals surface area (Å²) in [6.45, 7) is 12.3. The average Bonchev–Trinajstić information content (AvgIpc) is 2.48. The van der Waals surface area contributed by atoms with Gasteiger partial charge < -0.3 is 0 Å². The van der Waals surface area contributed by atoms with Gasteiger partial charge in [-0.05, 0) is 26.3 Å². The lowest BCUT2D eigenvalue weighted by molar-refractivity contribution is -0.856. The molecule has 2 aliphatic rings. The number of likely N-dealkylation sites (N-methyl/N-ethyl adjacent to an activating group) is 2. The van der Waals surface area contributed by atoms with E-state index in [0.29, 0.717) is 6.17 Å². The molecule has 21 heavy (non-hydrogen) atoms.